The van der Waals surface area contributed by atoms with Gasteiger partial charge in [-0.3, -0.25) is 4.79 Å². The number of hydrogen-bond acceptors (Lipinski definition) is 3. The normalized spacial score (nSPS) is 10.4. The van der Waals surface area contributed by atoms with Crippen LogP contribution < -0.4 is 5.73 Å². The number of benzene rings is 2. The summed E-state index contributed by atoms with van der Waals surface area (Å²) in [6, 6.07) is 13.5. The van der Waals surface area contributed by atoms with Gasteiger partial charge in [0.2, 0.25) is 0 Å². The second-order valence-electron chi connectivity index (χ2n) is 4.65. The molecule has 20 heavy (non-hydrogen) atoms. The molecule has 0 radical (unpaired) electrons. The molecule has 0 aliphatic rings. The van der Waals surface area contributed by atoms with Crippen molar-refractivity contribution in [1.29, 1.82) is 0 Å². The Morgan fingerprint density at radius 3 is 2.60 bits per heavy atom. The molecule has 4 heteroatoms. The molecule has 0 saturated heterocycles. The Morgan fingerprint density at radius 2 is 1.90 bits per heavy atom. The highest BCUT2D eigenvalue weighted by Crippen LogP contribution is 2.28. The number of aryl methyl sites for hydroxylation is 1. The van der Waals surface area contributed by atoms with Crippen LogP contribution in [-0.4, -0.2) is 11.1 Å². The van der Waals surface area contributed by atoms with E-state index in [0.29, 0.717) is 0 Å². The van der Waals surface area contributed by atoms with Gasteiger partial charge in [0.1, 0.15) is 0 Å². The van der Waals surface area contributed by atoms with Crippen molar-refractivity contribution in [3.05, 3.63) is 59.2 Å². The van der Waals surface area contributed by atoms with Crippen LogP contribution in [-0.2, 0) is 17.0 Å². The van der Waals surface area contributed by atoms with Crippen molar-refractivity contribution in [3.8, 4) is 0 Å². The van der Waals surface area contributed by atoms with E-state index in [-0.39, 0.29) is 6.42 Å². The molecule has 2 aromatic rings. The van der Waals surface area contributed by atoms with Gasteiger partial charge < -0.3 is 10.8 Å². The minimum absolute atomic E-state index is 0.0621. The second-order valence-corrected chi connectivity index (χ2v) is 5.67. The average molecular weight is 287 g/mol. The van der Waals surface area contributed by atoms with Gasteiger partial charge in [-0.15, -0.1) is 11.8 Å². The van der Waals surface area contributed by atoms with Gasteiger partial charge >= 0.3 is 5.97 Å². The highest BCUT2D eigenvalue weighted by molar-refractivity contribution is 7.98. The molecule has 0 fully saturated rings. The van der Waals surface area contributed by atoms with Crippen LogP contribution in [0.25, 0.3) is 0 Å². The third kappa shape index (κ3) is 3.78. The molecule has 0 bridgehead atoms. The fourth-order valence-electron chi connectivity index (χ4n) is 1.96. The third-order valence-electron chi connectivity index (χ3n) is 3.06. The maximum Gasteiger partial charge on any atom is 0.307 e. The fourth-order valence-corrected chi connectivity index (χ4v) is 3.07. The molecule has 0 aromatic heterocycles. The van der Waals surface area contributed by atoms with E-state index in [1.54, 1.807) is 11.8 Å². The molecule has 0 heterocycles. The van der Waals surface area contributed by atoms with Crippen molar-refractivity contribution in [2.24, 2.45) is 0 Å². The molecule has 0 amide bonds. The summed E-state index contributed by atoms with van der Waals surface area (Å²) >= 11 is 1.68. The molecule has 0 spiro atoms. The summed E-state index contributed by atoms with van der Waals surface area (Å²) in [5.74, 6) is -0.0594. The highest BCUT2D eigenvalue weighted by atomic mass is 32.2. The molecule has 3 nitrogen and oxygen atoms in total. The number of aliphatic carboxylic acids is 1. The molecule has 0 aliphatic carbocycles. The SMILES string of the molecule is Cc1ccc(N)cc1SCc1ccccc1CC(=O)O. The van der Waals surface area contributed by atoms with Gasteiger partial charge in [0.25, 0.3) is 0 Å². The van der Waals surface area contributed by atoms with E-state index >= 15 is 0 Å². The van der Waals surface area contributed by atoms with E-state index in [4.69, 9.17) is 10.8 Å². The molecule has 0 saturated carbocycles. The zero-order valence-corrected chi connectivity index (χ0v) is 12.1. The van der Waals surface area contributed by atoms with E-state index in [9.17, 15) is 4.79 Å². The zero-order valence-electron chi connectivity index (χ0n) is 11.3. The van der Waals surface area contributed by atoms with Crippen LogP contribution in [0.15, 0.2) is 47.4 Å². The summed E-state index contributed by atoms with van der Waals surface area (Å²) in [6.07, 6.45) is 0.0621. The molecule has 3 N–H and O–H groups in total. The quantitative estimate of drug-likeness (QED) is 0.652. The Labute approximate surface area is 122 Å². The number of carbonyl (C=O) groups is 1. The molecule has 0 unspecified atom stereocenters. The summed E-state index contributed by atoms with van der Waals surface area (Å²) in [7, 11) is 0. The Balaban J connectivity index is 2.14. The van der Waals surface area contributed by atoms with Gasteiger partial charge in [-0.1, -0.05) is 30.3 Å². The van der Waals surface area contributed by atoms with Gasteiger partial charge in [-0.2, -0.15) is 0 Å². The number of hydrogen-bond donors (Lipinski definition) is 2. The van der Waals surface area contributed by atoms with Crippen molar-refractivity contribution in [2.75, 3.05) is 5.73 Å². The molecule has 2 rings (SSSR count). The third-order valence-corrected chi connectivity index (χ3v) is 4.26. The predicted octanol–water partition coefficient (Wildman–Crippen LogP) is 3.50. The molecular weight excluding hydrogens is 270 g/mol. The first-order chi connectivity index (χ1) is 9.56. The van der Waals surface area contributed by atoms with Gasteiger partial charge in [-0.25, -0.2) is 0 Å². The van der Waals surface area contributed by atoms with Gasteiger partial charge in [0.15, 0.2) is 0 Å². The Hall–Kier alpha value is -1.94. The molecular formula is C16H17NO2S. The van der Waals surface area contributed by atoms with E-state index in [1.165, 1.54) is 5.56 Å². The number of nitrogens with two attached hydrogens (primary N) is 1. The lowest BCUT2D eigenvalue weighted by molar-refractivity contribution is -0.136. The van der Waals surface area contributed by atoms with Crippen LogP contribution in [0.5, 0.6) is 0 Å². The van der Waals surface area contributed by atoms with Gasteiger partial charge in [0, 0.05) is 16.3 Å². The number of carboxylic acid groups (broad SMARTS) is 1. The van der Waals surface area contributed by atoms with Gasteiger partial charge in [-0.05, 0) is 35.7 Å². The first-order valence-corrected chi connectivity index (χ1v) is 7.32. The van der Waals surface area contributed by atoms with E-state index in [2.05, 4.69) is 0 Å². The number of thioether (sulfide) groups is 1. The van der Waals surface area contributed by atoms with Crippen LogP contribution in [0.4, 0.5) is 5.69 Å². The monoisotopic (exact) mass is 287 g/mol. The first kappa shape index (κ1) is 14.5. The minimum atomic E-state index is -0.803. The summed E-state index contributed by atoms with van der Waals surface area (Å²) < 4.78 is 0. The number of nitrogen functional groups attached to an aromatic ring is 1. The maximum atomic E-state index is 10.9. The van der Waals surface area contributed by atoms with Crippen LogP contribution >= 0.6 is 11.8 Å². The Kier molecular flexibility index (Phi) is 4.69. The number of anilines is 1. The van der Waals surface area contributed by atoms with E-state index in [0.717, 1.165) is 27.5 Å². The lowest BCUT2D eigenvalue weighted by Crippen LogP contribution is -2.02. The lowest BCUT2D eigenvalue weighted by atomic mass is 10.1. The maximum absolute atomic E-state index is 10.9. The molecule has 0 atom stereocenters. The molecule has 104 valence electrons. The van der Waals surface area contributed by atoms with Crippen LogP contribution in [0, 0.1) is 6.92 Å². The van der Waals surface area contributed by atoms with Crippen molar-refractivity contribution >= 4 is 23.4 Å². The molecule has 2 aromatic carbocycles. The standard InChI is InChI=1S/C16H17NO2S/c1-11-6-7-14(17)9-15(11)20-10-13-5-3-2-4-12(13)8-16(18)19/h2-7,9H,8,10,17H2,1H3,(H,18,19). The summed E-state index contributed by atoms with van der Waals surface area (Å²) in [5, 5.41) is 8.93. The van der Waals surface area contributed by atoms with Crippen molar-refractivity contribution < 1.29 is 9.90 Å². The van der Waals surface area contributed by atoms with Crippen molar-refractivity contribution in [3.63, 3.8) is 0 Å². The van der Waals surface area contributed by atoms with Gasteiger partial charge in [0.05, 0.1) is 6.42 Å². The molecule has 0 aliphatic heterocycles. The van der Waals surface area contributed by atoms with Crippen LogP contribution in [0.2, 0.25) is 0 Å². The first-order valence-electron chi connectivity index (χ1n) is 6.34. The Morgan fingerprint density at radius 1 is 1.20 bits per heavy atom. The fraction of sp³-hybridized carbons (Fsp3) is 0.188. The van der Waals surface area contributed by atoms with Crippen LogP contribution in [0.3, 0.4) is 0 Å². The Bertz CT molecular complexity index is 626. The number of rotatable bonds is 5. The zero-order chi connectivity index (χ0) is 14.5. The highest BCUT2D eigenvalue weighted by Gasteiger charge is 2.07. The summed E-state index contributed by atoms with van der Waals surface area (Å²) in [6.45, 7) is 2.05. The second kappa shape index (κ2) is 6.48. The lowest BCUT2D eigenvalue weighted by Gasteiger charge is -2.09. The van der Waals surface area contributed by atoms with Crippen molar-refractivity contribution in [2.45, 2.75) is 24.0 Å². The van der Waals surface area contributed by atoms with Crippen molar-refractivity contribution in [1.82, 2.24) is 0 Å². The van der Waals surface area contributed by atoms with Crippen LogP contribution in [0.1, 0.15) is 16.7 Å². The summed E-state index contributed by atoms with van der Waals surface area (Å²) in [4.78, 5) is 12.0. The average Bonchev–Trinajstić information content (AvgIpc) is 2.41. The predicted molar refractivity (Wildman–Crippen MR) is 82.9 cm³/mol. The smallest absolute Gasteiger partial charge is 0.307 e. The summed E-state index contributed by atoms with van der Waals surface area (Å²) in [5.41, 5.74) is 9.66. The van der Waals surface area contributed by atoms with E-state index in [1.807, 2.05) is 49.4 Å². The minimum Gasteiger partial charge on any atom is -0.481 e. The number of carboxylic acids is 1. The van der Waals surface area contributed by atoms with E-state index < -0.39 is 5.97 Å². The topological polar surface area (TPSA) is 63.3 Å². The largest absolute Gasteiger partial charge is 0.481 e.